The van der Waals surface area contributed by atoms with Gasteiger partial charge in [-0.1, -0.05) is 108 Å². The van der Waals surface area contributed by atoms with E-state index in [2.05, 4.69) is 20.8 Å². The Kier molecular flexibility index (Phi) is 5.21. The van der Waals surface area contributed by atoms with Gasteiger partial charge < -0.3 is 0 Å². The minimum absolute atomic E-state index is 0.589. The van der Waals surface area contributed by atoms with Crippen LogP contribution in [0.15, 0.2) is 0 Å². The van der Waals surface area contributed by atoms with E-state index in [1.54, 1.807) is 0 Å². The molecule has 0 unspecified atom stereocenters. The van der Waals surface area contributed by atoms with Gasteiger partial charge in [-0.15, -0.1) is 0 Å². The van der Waals surface area contributed by atoms with Crippen LogP contribution in [0.2, 0.25) is 16.9 Å². The van der Waals surface area contributed by atoms with Crippen molar-refractivity contribution in [2.75, 3.05) is 0 Å². The van der Waals surface area contributed by atoms with Crippen LogP contribution >= 0.6 is 0 Å². The van der Waals surface area contributed by atoms with Gasteiger partial charge in [0.1, 0.15) is 0 Å². The summed E-state index contributed by atoms with van der Waals surface area (Å²) in [4.78, 5) is 0. The molecule has 0 bridgehead atoms. The van der Waals surface area contributed by atoms with Gasteiger partial charge in [0, 0.05) is 0 Å². The molecule has 2 saturated carbocycles. The standard InChI is InChI=1S/C17H33B/c1-4-14-17(2,3)18(16-12-8-9-13-16)15-10-6-5-7-11-15/h15-16H,4-14H2,1-3H3. The van der Waals surface area contributed by atoms with E-state index in [9.17, 15) is 0 Å². The largest absolute Gasteiger partial charge is 0.152 e. The number of hydrogen-bond donors (Lipinski definition) is 0. The minimum atomic E-state index is 0.589. The average Bonchev–Trinajstić information content (AvgIpc) is 2.83. The quantitative estimate of drug-likeness (QED) is 0.498. The first kappa shape index (κ1) is 14.5. The smallest absolute Gasteiger partial charge is 0.0665 e. The third-order valence-corrected chi connectivity index (χ3v) is 5.86. The molecule has 1 heteroatoms. The SMILES string of the molecule is CCCC(C)(C)B(C1CCCCC1)C1CCCC1. The molecule has 0 amide bonds. The number of rotatable bonds is 5. The van der Waals surface area contributed by atoms with E-state index in [0.717, 1.165) is 18.3 Å². The van der Waals surface area contributed by atoms with Crippen LogP contribution < -0.4 is 0 Å². The molecule has 0 N–H and O–H groups in total. The van der Waals surface area contributed by atoms with Gasteiger partial charge in [0.2, 0.25) is 0 Å². The summed E-state index contributed by atoms with van der Waals surface area (Å²) in [7, 11) is 0. The summed E-state index contributed by atoms with van der Waals surface area (Å²) < 4.78 is 0. The second-order valence-electron chi connectivity index (χ2n) is 7.71. The summed E-state index contributed by atoms with van der Waals surface area (Å²) in [6, 6.07) is 0. The van der Waals surface area contributed by atoms with Gasteiger partial charge in [-0.3, -0.25) is 0 Å². The molecular weight excluding hydrogens is 215 g/mol. The Bertz CT molecular complexity index is 234. The Morgan fingerprint density at radius 1 is 0.833 bits per heavy atom. The zero-order valence-corrected chi connectivity index (χ0v) is 13.0. The summed E-state index contributed by atoms with van der Waals surface area (Å²) in [5.74, 6) is 2.12. The molecule has 2 aliphatic carbocycles. The molecule has 0 radical (unpaired) electrons. The van der Waals surface area contributed by atoms with E-state index in [-0.39, 0.29) is 0 Å². The van der Waals surface area contributed by atoms with Crippen molar-refractivity contribution in [3.63, 3.8) is 0 Å². The van der Waals surface area contributed by atoms with Crippen LogP contribution in [0, 0.1) is 0 Å². The van der Waals surface area contributed by atoms with E-state index in [1.165, 1.54) is 70.6 Å². The van der Waals surface area contributed by atoms with Gasteiger partial charge in [0.05, 0.1) is 0 Å². The summed E-state index contributed by atoms with van der Waals surface area (Å²) in [5.41, 5.74) is 0. The highest BCUT2D eigenvalue weighted by molar-refractivity contribution is 6.65. The second kappa shape index (κ2) is 6.48. The van der Waals surface area contributed by atoms with E-state index >= 15 is 0 Å². The van der Waals surface area contributed by atoms with Crippen LogP contribution in [0.1, 0.15) is 91.4 Å². The van der Waals surface area contributed by atoms with Gasteiger partial charge >= 0.3 is 0 Å². The molecule has 18 heavy (non-hydrogen) atoms. The Morgan fingerprint density at radius 2 is 1.28 bits per heavy atom. The van der Waals surface area contributed by atoms with Crippen molar-refractivity contribution in [3.05, 3.63) is 0 Å². The van der Waals surface area contributed by atoms with Gasteiger partial charge in [0.25, 0.3) is 0 Å². The maximum atomic E-state index is 2.58. The van der Waals surface area contributed by atoms with Crippen LogP contribution in [0.4, 0.5) is 0 Å². The molecule has 2 aliphatic rings. The molecule has 104 valence electrons. The van der Waals surface area contributed by atoms with Gasteiger partial charge in [-0.25, -0.2) is 0 Å². The maximum Gasteiger partial charge on any atom is 0.152 e. The zero-order chi connectivity index (χ0) is 13.0. The highest BCUT2D eigenvalue weighted by atomic mass is 14.3. The van der Waals surface area contributed by atoms with Crippen molar-refractivity contribution in [1.29, 1.82) is 0 Å². The molecule has 0 spiro atoms. The highest BCUT2D eigenvalue weighted by Crippen LogP contribution is 2.53. The highest BCUT2D eigenvalue weighted by Gasteiger charge is 2.44. The topological polar surface area (TPSA) is 0 Å². The summed E-state index contributed by atoms with van der Waals surface area (Å²) in [5, 5.41) is 0.589. The van der Waals surface area contributed by atoms with Crippen molar-refractivity contribution in [3.8, 4) is 0 Å². The van der Waals surface area contributed by atoms with Gasteiger partial charge in [0.15, 0.2) is 6.71 Å². The molecule has 0 saturated heterocycles. The van der Waals surface area contributed by atoms with Crippen LogP contribution in [-0.2, 0) is 0 Å². The monoisotopic (exact) mass is 248 g/mol. The number of hydrogen-bond acceptors (Lipinski definition) is 0. The third-order valence-electron chi connectivity index (χ3n) is 5.86. The van der Waals surface area contributed by atoms with Crippen molar-refractivity contribution in [1.82, 2.24) is 0 Å². The normalized spacial score (nSPS) is 23.5. The summed E-state index contributed by atoms with van der Waals surface area (Å²) >= 11 is 0. The minimum Gasteiger partial charge on any atom is -0.0665 e. The molecule has 0 nitrogen and oxygen atoms in total. The molecule has 0 heterocycles. The predicted molar refractivity (Wildman–Crippen MR) is 83.8 cm³/mol. The molecule has 2 rings (SSSR count). The molecule has 0 aromatic carbocycles. The lowest BCUT2D eigenvalue weighted by molar-refractivity contribution is 0.464. The summed E-state index contributed by atoms with van der Waals surface area (Å²) in [6.45, 7) is 8.55. The Labute approximate surface area is 115 Å². The Hall–Kier alpha value is 0.0649. The van der Waals surface area contributed by atoms with Gasteiger partial charge in [-0.2, -0.15) is 0 Å². The van der Waals surface area contributed by atoms with Crippen LogP contribution in [0.25, 0.3) is 0 Å². The van der Waals surface area contributed by atoms with E-state index in [1.807, 2.05) is 0 Å². The lowest BCUT2D eigenvalue weighted by Crippen LogP contribution is -2.37. The predicted octanol–water partition coefficient (Wildman–Crippen LogP) is 6.34. The first-order valence-corrected chi connectivity index (χ1v) is 8.65. The van der Waals surface area contributed by atoms with Gasteiger partial charge in [-0.05, 0) is 0 Å². The van der Waals surface area contributed by atoms with Crippen LogP contribution in [0.5, 0.6) is 0 Å². The first-order valence-electron chi connectivity index (χ1n) is 8.65. The van der Waals surface area contributed by atoms with E-state index in [0.29, 0.717) is 5.31 Å². The summed E-state index contributed by atoms with van der Waals surface area (Å²) in [6.07, 6.45) is 16.5. The Morgan fingerprint density at radius 3 is 1.72 bits per heavy atom. The lowest BCUT2D eigenvalue weighted by atomic mass is 9.21. The lowest BCUT2D eigenvalue weighted by Gasteiger charge is -2.42. The molecule has 2 fully saturated rings. The average molecular weight is 248 g/mol. The fourth-order valence-electron chi connectivity index (χ4n) is 5.28. The molecule has 0 aromatic heterocycles. The molecular formula is C17H33B. The Balaban J connectivity index is 2.10. The van der Waals surface area contributed by atoms with Crippen LogP contribution in [-0.4, -0.2) is 6.71 Å². The first-order chi connectivity index (χ1) is 8.65. The molecule has 0 aliphatic heterocycles. The van der Waals surface area contributed by atoms with Crippen molar-refractivity contribution < 1.29 is 0 Å². The van der Waals surface area contributed by atoms with Crippen LogP contribution in [0.3, 0.4) is 0 Å². The molecule has 0 aromatic rings. The van der Waals surface area contributed by atoms with E-state index in [4.69, 9.17) is 0 Å². The van der Waals surface area contributed by atoms with Crippen molar-refractivity contribution in [2.24, 2.45) is 0 Å². The molecule has 0 atom stereocenters. The maximum absolute atomic E-state index is 2.58. The van der Waals surface area contributed by atoms with E-state index < -0.39 is 0 Å². The van der Waals surface area contributed by atoms with Crippen molar-refractivity contribution >= 4 is 6.71 Å². The zero-order valence-electron chi connectivity index (χ0n) is 13.0. The fourth-order valence-corrected chi connectivity index (χ4v) is 5.28. The third kappa shape index (κ3) is 3.33. The fraction of sp³-hybridized carbons (Fsp3) is 1.00. The second-order valence-corrected chi connectivity index (χ2v) is 7.71. The van der Waals surface area contributed by atoms with Crippen molar-refractivity contribution in [2.45, 2.75) is 108 Å².